The molecule has 30 heavy (non-hydrogen) atoms. The van der Waals surface area contributed by atoms with E-state index in [0.717, 1.165) is 23.2 Å². The normalized spacial score (nSPS) is 13.9. The number of anilines is 1. The number of benzene rings is 1. The highest BCUT2D eigenvalue weighted by molar-refractivity contribution is 6.28. The molecule has 3 heterocycles. The van der Waals surface area contributed by atoms with Crippen LogP contribution in [0.25, 0.3) is 10.9 Å². The Kier molecular flexibility index (Phi) is 5.56. The number of amides is 1. The highest BCUT2D eigenvalue weighted by Crippen LogP contribution is 2.27. The van der Waals surface area contributed by atoms with E-state index in [1.165, 1.54) is 10.9 Å². The third-order valence-electron chi connectivity index (χ3n) is 5.05. The molecule has 1 aliphatic rings. The first-order valence-electron chi connectivity index (χ1n) is 10.1. The number of nitrogens with zero attached hydrogens (tertiary/aromatic N) is 3. The number of halogens is 1. The number of carbonyl (C=O) groups excluding carboxylic acids is 1. The zero-order valence-electron chi connectivity index (χ0n) is 17.5. The standard InChI is InChI=1S/C22H26ClN5O2/c1-22(2,3)30-21(29)28-11-9-18-16(13-28)19(27-20(23)26-18)24-10-8-14-12-25-17-7-5-4-6-15(14)17/h4-7,12,25H,8-11,13H2,1-3H3,(H,24,26,27). The lowest BCUT2D eigenvalue weighted by Gasteiger charge is -2.31. The Morgan fingerprint density at radius 1 is 1.30 bits per heavy atom. The van der Waals surface area contributed by atoms with Gasteiger partial charge >= 0.3 is 6.09 Å². The van der Waals surface area contributed by atoms with Gasteiger partial charge in [-0.1, -0.05) is 18.2 Å². The number of aromatic nitrogens is 3. The lowest BCUT2D eigenvalue weighted by atomic mass is 10.1. The third-order valence-corrected chi connectivity index (χ3v) is 5.22. The molecule has 7 nitrogen and oxygen atoms in total. The van der Waals surface area contributed by atoms with Crippen molar-refractivity contribution in [2.24, 2.45) is 0 Å². The summed E-state index contributed by atoms with van der Waals surface area (Å²) in [5.74, 6) is 0.679. The summed E-state index contributed by atoms with van der Waals surface area (Å²) in [6.07, 6.45) is 3.16. The number of carbonyl (C=O) groups is 1. The van der Waals surface area contributed by atoms with Crippen LogP contribution in [0.3, 0.4) is 0 Å². The molecule has 0 unspecified atom stereocenters. The van der Waals surface area contributed by atoms with E-state index in [1.807, 2.05) is 39.1 Å². The molecule has 0 fully saturated rings. The fraction of sp³-hybridized carbons (Fsp3) is 0.409. The zero-order chi connectivity index (χ0) is 21.3. The molecule has 8 heteroatoms. The molecule has 1 amide bonds. The average Bonchev–Trinajstić information content (AvgIpc) is 3.09. The molecule has 4 rings (SSSR count). The van der Waals surface area contributed by atoms with Crippen LogP contribution >= 0.6 is 11.6 Å². The van der Waals surface area contributed by atoms with Crippen LogP contribution in [-0.4, -0.2) is 44.6 Å². The Bertz CT molecular complexity index is 1070. The predicted molar refractivity (Wildman–Crippen MR) is 118 cm³/mol. The molecule has 0 atom stereocenters. The molecule has 158 valence electrons. The van der Waals surface area contributed by atoms with Gasteiger partial charge in [-0.15, -0.1) is 0 Å². The fourth-order valence-electron chi connectivity index (χ4n) is 3.67. The Morgan fingerprint density at radius 2 is 2.10 bits per heavy atom. The number of para-hydroxylation sites is 1. The largest absolute Gasteiger partial charge is 0.444 e. The molecule has 2 N–H and O–H groups in total. The monoisotopic (exact) mass is 427 g/mol. The molecule has 0 saturated heterocycles. The lowest BCUT2D eigenvalue weighted by molar-refractivity contribution is 0.0223. The molecule has 1 aliphatic heterocycles. The summed E-state index contributed by atoms with van der Waals surface area (Å²) in [5, 5.41) is 4.83. The van der Waals surface area contributed by atoms with E-state index < -0.39 is 5.60 Å². The molecule has 0 radical (unpaired) electrons. The quantitative estimate of drug-likeness (QED) is 0.596. The van der Waals surface area contributed by atoms with E-state index in [-0.39, 0.29) is 11.4 Å². The molecule has 0 bridgehead atoms. The second-order valence-electron chi connectivity index (χ2n) is 8.45. The Morgan fingerprint density at radius 3 is 2.90 bits per heavy atom. The number of fused-ring (bicyclic) bond motifs is 2. The maximum absolute atomic E-state index is 12.5. The van der Waals surface area contributed by atoms with Gasteiger partial charge in [0.1, 0.15) is 11.4 Å². The van der Waals surface area contributed by atoms with Crippen molar-refractivity contribution in [1.29, 1.82) is 0 Å². The summed E-state index contributed by atoms with van der Waals surface area (Å²) >= 11 is 6.15. The lowest BCUT2D eigenvalue weighted by Crippen LogP contribution is -2.40. The predicted octanol–water partition coefficient (Wildman–Crippen LogP) is 4.56. The first-order valence-corrected chi connectivity index (χ1v) is 10.5. The number of ether oxygens (including phenoxy) is 1. The van der Waals surface area contributed by atoms with E-state index >= 15 is 0 Å². The number of nitrogens with one attached hydrogen (secondary N) is 2. The van der Waals surface area contributed by atoms with Crippen LogP contribution in [0.5, 0.6) is 0 Å². The minimum absolute atomic E-state index is 0.217. The SMILES string of the molecule is CC(C)(C)OC(=O)N1CCc2nc(Cl)nc(NCCc3c[nH]c4ccccc34)c2C1. The smallest absolute Gasteiger partial charge is 0.410 e. The second-order valence-corrected chi connectivity index (χ2v) is 8.79. The van der Waals surface area contributed by atoms with E-state index in [2.05, 4.69) is 32.4 Å². The minimum Gasteiger partial charge on any atom is -0.444 e. The van der Waals surface area contributed by atoms with E-state index in [1.54, 1.807) is 4.90 Å². The summed E-state index contributed by atoms with van der Waals surface area (Å²) in [6, 6.07) is 8.24. The van der Waals surface area contributed by atoms with Crippen molar-refractivity contribution in [3.63, 3.8) is 0 Å². The van der Waals surface area contributed by atoms with E-state index in [4.69, 9.17) is 16.3 Å². The zero-order valence-corrected chi connectivity index (χ0v) is 18.2. The van der Waals surface area contributed by atoms with Crippen molar-refractivity contribution in [3.8, 4) is 0 Å². The van der Waals surface area contributed by atoms with Crippen molar-refractivity contribution in [1.82, 2.24) is 19.9 Å². The van der Waals surface area contributed by atoms with Gasteiger partial charge in [-0.2, -0.15) is 0 Å². The van der Waals surface area contributed by atoms with Gasteiger partial charge < -0.3 is 19.9 Å². The van der Waals surface area contributed by atoms with Gasteiger partial charge in [-0.05, 0) is 50.4 Å². The van der Waals surface area contributed by atoms with Gasteiger partial charge in [-0.25, -0.2) is 14.8 Å². The number of hydrogen-bond acceptors (Lipinski definition) is 5. The molecule has 1 aromatic carbocycles. The average molecular weight is 428 g/mol. The Balaban J connectivity index is 1.48. The maximum Gasteiger partial charge on any atom is 0.410 e. The fourth-order valence-corrected chi connectivity index (χ4v) is 3.85. The van der Waals surface area contributed by atoms with Crippen molar-refractivity contribution in [2.75, 3.05) is 18.4 Å². The van der Waals surface area contributed by atoms with Crippen molar-refractivity contribution in [3.05, 3.63) is 52.6 Å². The Hall–Kier alpha value is -2.80. The van der Waals surface area contributed by atoms with Crippen molar-refractivity contribution < 1.29 is 9.53 Å². The van der Waals surface area contributed by atoms with Gasteiger partial charge in [0, 0.05) is 42.2 Å². The van der Waals surface area contributed by atoms with Crippen LogP contribution in [0.2, 0.25) is 5.28 Å². The summed E-state index contributed by atoms with van der Waals surface area (Å²) in [4.78, 5) is 26.3. The highest BCUT2D eigenvalue weighted by Gasteiger charge is 2.28. The molecule has 0 aliphatic carbocycles. The number of aromatic amines is 1. The summed E-state index contributed by atoms with van der Waals surface area (Å²) in [6.45, 7) is 7.23. The van der Waals surface area contributed by atoms with Gasteiger partial charge in [0.15, 0.2) is 0 Å². The first-order chi connectivity index (χ1) is 14.3. The van der Waals surface area contributed by atoms with Crippen LogP contribution in [0.4, 0.5) is 10.6 Å². The van der Waals surface area contributed by atoms with Gasteiger partial charge in [0.2, 0.25) is 5.28 Å². The molecule has 0 saturated carbocycles. The number of H-pyrrole nitrogens is 1. The van der Waals surface area contributed by atoms with Crippen LogP contribution in [0.1, 0.15) is 37.6 Å². The minimum atomic E-state index is -0.533. The van der Waals surface area contributed by atoms with E-state index in [0.29, 0.717) is 31.9 Å². The maximum atomic E-state index is 12.5. The van der Waals surface area contributed by atoms with Crippen LogP contribution in [0.15, 0.2) is 30.5 Å². The van der Waals surface area contributed by atoms with Crippen molar-refractivity contribution >= 4 is 34.4 Å². The molecular weight excluding hydrogens is 402 g/mol. The first kappa shape index (κ1) is 20.5. The molecule has 3 aromatic rings. The summed E-state index contributed by atoms with van der Waals surface area (Å²) < 4.78 is 5.52. The number of hydrogen-bond donors (Lipinski definition) is 2. The third kappa shape index (κ3) is 4.51. The van der Waals surface area contributed by atoms with Crippen molar-refractivity contribution in [2.45, 2.75) is 45.8 Å². The summed E-state index contributed by atoms with van der Waals surface area (Å²) in [7, 11) is 0. The van der Waals surface area contributed by atoms with Crippen LogP contribution in [-0.2, 0) is 24.1 Å². The number of rotatable bonds is 4. The molecular formula is C22H26ClN5O2. The Labute approximate surface area is 180 Å². The van der Waals surface area contributed by atoms with E-state index in [9.17, 15) is 4.79 Å². The highest BCUT2D eigenvalue weighted by atomic mass is 35.5. The van der Waals surface area contributed by atoms with Gasteiger partial charge in [0.05, 0.1) is 12.2 Å². The molecule has 2 aromatic heterocycles. The van der Waals surface area contributed by atoms with Crippen LogP contribution < -0.4 is 5.32 Å². The summed E-state index contributed by atoms with van der Waals surface area (Å²) in [5.41, 5.74) is 3.61. The van der Waals surface area contributed by atoms with Gasteiger partial charge in [0.25, 0.3) is 0 Å². The second kappa shape index (κ2) is 8.14. The van der Waals surface area contributed by atoms with Crippen LogP contribution in [0, 0.1) is 0 Å². The topological polar surface area (TPSA) is 83.1 Å². The van der Waals surface area contributed by atoms with Gasteiger partial charge in [-0.3, -0.25) is 0 Å². The molecule has 0 spiro atoms.